The third-order valence-electron chi connectivity index (χ3n) is 2.77. The van der Waals surface area contributed by atoms with Gasteiger partial charge in [-0.2, -0.15) is 4.98 Å². The van der Waals surface area contributed by atoms with Gasteiger partial charge in [-0.25, -0.2) is 9.37 Å². The van der Waals surface area contributed by atoms with Crippen LogP contribution in [0.2, 0.25) is 5.28 Å². The van der Waals surface area contributed by atoms with Crippen LogP contribution in [-0.4, -0.2) is 14.5 Å². The third-order valence-corrected chi connectivity index (χ3v) is 2.95. The first-order chi connectivity index (χ1) is 8.74. The van der Waals surface area contributed by atoms with Gasteiger partial charge in [0, 0.05) is 23.3 Å². The van der Waals surface area contributed by atoms with E-state index in [4.69, 9.17) is 11.6 Å². The highest BCUT2D eigenvalue weighted by atomic mass is 35.5. The van der Waals surface area contributed by atoms with E-state index in [-0.39, 0.29) is 11.1 Å². The molecule has 5 heteroatoms. The fraction of sp³-hybridized carbons (Fsp3) is 0.0769. The van der Waals surface area contributed by atoms with E-state index in [0.717, 1.165) is 5.39 Å². The lowest BCUT2D eigenvalue weighted by Crippen LogP contribution is -2.01. The summed E-state index contributed by atoms with van der Waals surface area (Å²) in [7, 11) is 0. The Balaban J connectivity index is 2.05. The minimum absolute atomic E-state index is 0.191. The van der Waals surface area contributed by atoms with E-state index in [2.05, 4.69) is 9.97 Å². The Morgan fingerprint density at radius 1 is 1.22 bits per heavy atom. The molecule has 0 aliphatic rings. The number of halogens is 2. The molecule has 2 aromatic heterocycles. The second kappa shape index (κ2) is 4.38. The van der Waals surface area contributed by atoms with E-state index in [1.807, 2.05) is 22.9 Å². The summed E-state index contributed by atoms with van der Waals surface area (Å²) in [5, 5.41) is 1.08. The van der Waals surface area contributed by atoms with Crippen molar-refractivity contribution in [3.63, 3.8) is 0 Å². The smallest absolute Gasteiger partial charge is 0.224 e. The Bertz CT molecular complexity index is 708. The molecule has 0 aliphatic heterocycles. The number of benzene rings is 1. The number of nitrogens with zero attached hydrogens (tertiary/aromatic N) is 3. The number of fused-ring (bicyclic) bond motifs is 1. The largest absolute Gasteiger partial charge is 0.328 e. The molecule has 3 nitrogen and oxygen atoms in total. The van der Waals surface area contributed by atoms with Crippen LogP contribution in [0.3, 0.4) is 0 Å². The van der Waals surface area contributed by atoms with Crippen LogP contribution < -0.4 is 0 Å². The molecule has 3 rings (SSSR count). The Kier molecular flexibility index (Phi) is 2.72. The standard InChI is InChI=1S/C13H9ClFN3/c14-13-16-7-9-5-6-18(12(9)17-13)8-10-3-1-2-4-11(10)15/h1-7H,8H2. The van der Waals surface area contributed by atoms with Crippen LogP contribution in [0.25, 0.3) is 11.0 Å². The molecule has 0 fully saturated rings. The number of aromatic nitrogens is 3. The van der Waals surface area contributed by atoms with Gasteiger partial charge in [-0.1, -0.05) is 18.2 Å². The molecule has 2 heterocycles. The van der Waals surface area contributed by atoms with Crippen molar-refractivity contribution in [2.75, 3.05) is 0 Å². The van der Waals surface area contributed by atoms with Crippen LogP contribution in [0.1, 0.15) is 5.56 Å². The van der Waals surface area contributed by atoms with Gasteiger partial charge in [0.2, 0.25) is 5.28 Å². The zero-order chi connectivity index (χ0) is 12.5. The van der Waals surface area contributed by atoms with Crippen molar-refractivity contribution in [3.05, 3.63) is 59.4 Å². The van der Waals surface area contributed by atoms with Crippen molar-refractivity contribution in [1.29, 1.82) is 0 Å². The normalized spacial score (nSPS) is 11.0. The van der Waals surface area contributed by atoms with E-state index in [1.54, 1.807) is 18.3 Å². The maximum absolute atomic E-state index is 13.6. The number of hydrogen-bond acceptors (Lipinski definition) is 2. The Labute approximate surface area is 108 Å². The van der Waals surface area contributed by atoms with Crippen molar-refractivity contribution in [2.45, 2.75) is 6.54 Å². The molecular formula is C13H9ClFN3. The van der Waals surface area contributed by atoms with E-state index in [0.29, 0.717) is 17.8 Å². The number of rotatable bonds is 2. The Morgan fingerprint density at radius 2 is 2.06 bits per heavy atom. The molecule has 1 aromatic carbocycles. The molecule has 0 unspecified atom stereocenters. The lowest BCUT2D eigenvalue weighted by Gasteiger charge is -2.05. The average molecular weight is 262 g/mol. The first kappa shape index (κ1) is 11.2. The molecule has 0 radical (unpaired) electrons. The molecule has 90 valence electrons. The lowest BCUT2D eigenvalue weighted by atomic mass is 10.2. The van der Waals surface area contributed by atoms with Gasteiger partial charge in [-0.15, -0.1) is 0 Å². The van der Waals surface area contributed by atoms with Crippen LogP contribution in [0.5, 0.6) is 0 Å². The monoisotopic (exact) mass is 261 g/mol. The van der Waals surface area contributed by atoms with Gasteiger partial charge in [0.05, 0.1) is 6.54 Å². The first-order valence-electron chi connectivity index (χ1n) is 5.45. The zero-order valence-corrected chi connectivity index (χ0v) is 10.1. The predicted octanol–water partition coefficient (Wildman–Crippen LogP) is 3.27. The van der Waals surface area contributed by atoms with Crippen LogP contribution in [0.4, 0.5) is 4.39 Å². The molecule has 0 bridgehead atoms. The summed E-state index contributed by atoms with van der Waals surface area (Å²) in [4.78, 5) is 8.07. The van der Waals surface area contributed by atoms with Gasteiger partial charge in [0.1, 0.15) is 11.5 Å². The van der Waals surface area contributed by atoms with Crippen molar-refractivity contribution in [3.8, 4) is 0 Å². The fourth-order valence-electron chi connectivity index (χ4n) is 1.89. The average Bonchev–Trinajstić information content (AvgIpc) is 2.75. The highest BCUT2D eigenvalue weighted by molar-refractivity contribution is 6.28. The summed E-state index contributed by atoms with van der Waals surface area (Å²) in [6, 6.07) is 8.57. The molecule has 0 saturated carbocycles. The van der Waals surface area contributed by atoms with Crippen molar-refractivity contribution >= 4 is 22.6 Å². The number of hydrogen-bond donors (Lipinski definition) is 0. The van der Waals surface area contributed by atoms with Crippen LogP contribution in [0.15, 0.2) is 42.7 Å². The molecule has 0 N–H and O–H groups in total. The minimum Gasteiger partial charge on any atom is -0.328 e. The van der Waals surface area contributed by atoms with E-state index < -0.39 is 0 Å². The SMILES string of the molecule is Fc1ccccc1Cn1ccc2cnc(Cl)nc21. The molecule has 0 atom stereocenters. The molecule has 0 saturated heterocycles. The van der Waals surface area contributed by atoms with Crippen LogP contribution in [-0.2, 0) is 6.54 Å². The summed E-state index contributed by atoms with van der Waals surface area (Å²) in [5.41, 5.74) is 1.32. The molecule has 0 spiro atoms. The van der Waals surface area contributed by atoms with Gasteiger partial charge >= 0.3 is 0 Å². The van der Waals surface area contributed by atoms with Crippen LogP contribution >= 0.6 is 11.6 Å². The molecule has 0 amide bonds. The fourth-order valence-corrected chi connectivity index (χ4v) is 2.02. The maximum Gasteiger partial charge on any atom is 0.224 e. The highest BCUT2D eigenvalue weighted by Gasteiger charge is 2.07. The summed E-state index contributed by atoms with van der Waals surface area (Å²) in [6.45, 7) is 0.420. The summed E-state index contributed by atoms with van der Waals surface area (Å²) in [5.74, 6) is -0.223. The summed E-state index contributed by atoms with van der Waals surface area (Å²) in [6.07, 6.45) is 3.50. The zero-order valence-electron chi connectivity index (χ0n) is 9.35. The van der Waals surface area contributed by atoms with Crippen molar-refractivity contribution in [1.82, 2.24) is 14.5 Å². The van der Waals surface area contributed by atoms with Crippen molar-refractivity contribution < 1.29 is 4.39 Å². The molecular weight excluding hydrogens is 253 g/mol. The van der Waals surface area contributed by atoms with Gasteiger partial charge in [-0.3, -0.25) is 0 Å². The Morgan fingerprint density at radius 3 is 2.89 bits per heavy atom. The molecule has 18 heavy (non-hydrogen) atoms. The second-order valence-corrected chi connectivity index (χ2v) is 4.29. The third kappa shape index (κ3) is 1.95. The van der Waals surface area contributed by atoms with Gasteiger partial charge in [-0.05, 0) is 23.7 Å². The van der Waals surface area contributed by atoms with Gasteiger partial charge < -0.3 is 4.57 Å². The quantitative estimate of drug-likeness (QED) is 0.663. The van der Waals surface area contributed by atoms with E-state index in [1.165, 1.54) is 6.07 Å². The topological polar surface area (TPSA) is 30.7 Å². The summed E-state index contributed by atoms with van der Waals surface area (Å²) < 4.78 is 15.4. The van der Waals surface area contributed by atoms with Gasteiger partial charge in [0.25, 0.3) is 0 Å². The van der Waals surface area contributed by atoms with Crippen molar-refractivity contribution in [2.24, 2.45) is 0 Å². The molecule has 3 aromatic rings. The van der Waals surface area contributed by atoms with Crippen LogP contribution in [0, 0.1) is 5.82 Å². The summed E-state index contributed by atoms with van der Waals surface area (Å²) >= 11 is 5.77. The second-order valence-electron chi connectivity index (χ2n) is 3.95. The maximum atomic E-state index is 13.6. The molecule has 0 aliphatic carbocycles. The minimum atomic E-state index is -0.223. The lowest BCUT2D eigenvalue weighted by molar-refractivity contribution is 0.601. The first-order valence-corrected chi connectivity index (χ1v) is 5.82. The van der Waals surface area contributed by atoms with Gasteiger partial charge in [0.15, 0.2) is 0 Å². The predicted molar refractivity (Wildman–Crippen MR) is 68.0 cm³/mol. The van der Waals surface area contributed by atoms with E-state index >= 15 is 0 Å². The Hall–Kier alpha value is -1.94. The highest BCUT2D eigenvalue weighted by Crippen LogP contribution is 2.17. The van der Waals surface area contributed by atoms with E-state index in [9.17, 15) is 4.39 Å².